The molecular formula is C8H16NO2+. The minimum absolute atomic E-state index is 0.216. The Bertz CT molecular complexity index is 177. The number of hydrogen-bond donors (Lipinski definition) is 0. The highest BCUT2D eigenvalue weighted by atomic mass is 16.3. The lowest BCUT2D eigenvalue weighted by Crippen LogP contribution is -2.37. The number of hydrogen-bond acceptors (Lipinski definition) is 2. The molecule has 0 radical (unpaired) electrons. The van der Waals surface area contributed by atoms with E-state index in [0.717, 1.165) is 0 Å². The van der Waals surface area contributed by atoms with Gasteiger partial charge in [-0.05, 0) is 13.8 Å². The number of amides is 1. The third-order valence-electron chi connectivity index (χ3n) is 1.30. The Kier molecular flexibility index (Phi) is 2.91. The van der Waals surface area contributed by atoms with Crippen molar-refractivity contribution in [3.05, 3.63) is 4.91 Å². The van der Waals surface area contributed by atoms with Gasteiger partial charge in [-0.25, -0.2) is 4.79 Å². The molecule has 0 fully saturated rings. The number of carbonyl (C=O) groups excluding carboxylic acids is 1. The normalized spacial score (nSPS) is 11.8. The van der Waals surface area contributed by atoms with Crippen molar-refractivity contribution >= 4 is 5.91 Å². The first kappa shape index (κ1) is 10.3. The Labute approximate surface area is 67.4 Å². The van der Waals surface area contributed by atoms with E-state index < -0.39 is 5.54 Å². The van der Waals surface area contributed by atoms with E-state index in [1.165, 1.54) is 0 Å². The molecule has 0 aromatic heterocycles. The molecule has 0 aliphatic carbocycles. The highest BCUT2D eigenvalue weighted by Gasteiger charge is 2.37. The Morgan fingerprint density at radius 2 is 1.64 bits per heavy atom. The lowest BCUT2D eigenvalue weighted by Gasteiger charge is -2.07. The monoisotopic (exact) mass is 158 g/mol. The minimum Gasteiger partial charge on any atom is -0.215 e. The molecular weight excluding hydrogens is 142 g/mol. The van der Waals surface area contributed by atoms with Gasteiger partial charge in [0.25, 0.3) is 0 Å². The summed E-state index contributed by atoms with van der Waals surface area (Å²) in [5, 5.41) is 0. The maximum absolute atomic E-state index is 11.2. The fourth-order valence-corrected chi connectivity index (χ4v) is 0.565. The molecule has 1 amide bonds. The molecule has 0 aromatic rings. The van der Waals surface area contributed by atoms with Crippen LogP contribution in [0, 0.1) is 10.8 Å². The van der Waals surface area contributed by atoms with E-state index in [1.807, 2.05) is 0 Å². The van der Waals surface area contributed by atoms with E-state index in [2.05, 4.69) is 0 Å². The predicted octanol–water partition coefficient (Wildman–Crippen LogP) is 1.75. The largest absolute Gasteiger partial charge is 0.436 e. The van der Waals surface area contributed by atoms with Crippen molar-refractivity contribution in [2.45, 2.75) is 40.2 Å². The lowest BCUT2D eigenvalue weighted by atomic mass is 10.1. The van der Waals surface area contributed by atoms with Gasteiger partial charge in [0.2, 0.25) is 5.54 Å². The van der Waals surface area contributed by atoms with Crippen molar-refractivity contribution in [2.75, 3.05) is 0 Å². The molecule has 0 saturated carbocycles. The lowest BCUT2D eigenvalue weighted by molar-refractivity contribution is -0.542. The fraction of sp³-hybridized carbons (Fsp3) is 0.875. The molecule has 0 rings (SSSR count). The van der Waals surface area contributed by atoms with E-state index in [1.54, 1.807) is 34.6 Å². The van der Waals surface area contributed by atoms with Crippen LogP contribution in [0.1, 0.15) is 34.6 Å². The number of rotatable bonds is 1. The highest BCUT2D eigenvalue weighted by molar-refractivity contribution is 5.69. The van der Waals surface area contributed by atoms with E-state index >= 15 is 0 Å². The standard InChI is InChI=1S/C8H16NO2/c1-6(2)7(10)9(11)8(3,4)5/h6H,1-5H3/q+1. The molecule has 0 heterocycles. The summed E-state index contributed by atoms with van der Waals surface area (Å²) in [5.74, 6) is -0.566. The van der Waals surface area contributed by atoms with Crippen molar-refractivity contribution in [1.82, 2.24) is 0 Å². The molecule has 64 valence electrons. The average Bonchev–Trinajstić information content (AvgIpc) is 1.82. The zero-order valence-corrected chi connectivity index (χ0v) is 7.84. The summed E-state index contributed by atoms with van der Waals surface area (Å²) in [6.07, 6.45) is 0. The van der Waals surface area contributed by atoms with Gasteiger partial charge in [-0.15, -0.1) is 0 Å². The summed E-state index contributed by atoms with van der Waals surface area (Å²) in [5.41, 5.74) is -0.610. The molecule has 0 N–H and O–H groups in total. The van der Waals surface area contributed by atoms with Crippen LogP contribution in [0.3, 0.4) is 0 Å². The van der Waals surface area contributed by atoms with Crippen LogP contribution < -0.4 is 0 Å². The van der Waals surface area contributed by atoms with Gasteiger partial charge < -0.3 is 0 Å². The average molecular weight is 158 g/mol. The highest BCUT2D eigenvalue weighted by Crippen LogP contribution is 2.09. The first-order valence-electron chi connectivity index (χ1n) is 3.78. The third kappa shape index (κ3) is 2.78. The molecule has 11 heavy (non-hydrogen) atoms. The summed E-state index contributed by atoms with van der Waals surface area (Å²) >= 11 is 0. The summed E-state index contributed by atoms with van der Waals surface area (Å²) < 4.78 is 0.539. The zero-order chi connectivity index (χ0) is 9.23. The van der Waals surface area contributed by atoms with Gasteiger partial charge in [0.15, 0.2) is 0 Å². The molecule has 0 unspecified atom stereocenters. The fourth-order valence-electron chi connectivity index (χ4n) is 0.565. The Balaban J connectivity index is 4.40. The smallest absolute Gasteiger partial charge is 0.215 e. The van der Waals surface area contributed by atoms with Gasteiger partial charge >= 0.3 is 5.91 Å². The maximum atomic E-state index is 11.2. The van der Waals surface area contributed by atoms with Crippen LogP contribution in [0.15, 0.2) is 0 Å². The van der Waals surface area contributed by atoms with Crippen LogP contribution in [0.2, 0.25) is 0 Å². The number of carbonyl (C=O) groups is 1. The molecule has 0 atom stereocenters. The van der Waals surface area contributed by atoms with Gasteiger partial charge in [0, 0.05) is 25.7 Å². The Morgan fingerprint density at radius 1 is 1.27 bits per heavy atom. The van der Waals surface area contributed by atoms with Gasteiger partial charge in [-0.2, -0.15) is 0 Å². The molecule has 0 aliphatic heterocycles. The van der Waals surface area contributed by atoms with E-state index in [-0.39, 0.29) is 11.8 Å². The second kappa shape index (κ2) is 3.11. The van der Waals surface area contributed by atoms with Crippen LogP contribution in [0.25, 0.3) is 0 Å². The topological polar surface area (TPSA) is 37.1 Å². The Hall–Kier alpha value is -0.730. The van der Waals surface area contributed by atoms with Gasteiger partial charge in [0.05, 0.1) is 10.7 Å². The Morgan fingerprint density at radius 3 is 1.73 bits per heavy atom. The summed E-state index contributed by atoms with van der Waals surface area (Å²) in [4.78, 5) is 22.3. The van der Waals surface area contributed by atoms with Crippen molar-refractivity contribution in [3.8, 4) is 0 Å². The van der Waals surface area contributed by atoms with E-state index in [9.17, 15) is 9.70 Å². The van der Waals surface area contributed by atoms with Crippen LogP contribution >= 0.6 is 0 Å². The van der Waals surface area contributed by atoms with Crippen LogP contribution in [0.5, 0.6) is 0 Å². The number of nitroso groups, excluding NO2 is 1. The minimum atomic E-state index is -0.610. The molecule has 0 saturated heterocycles. The quantitative estimate of drug-likeness (QED) is 0.545. The summed E-state index contributed by atoms with van der Waals surface area (Å²) in [7, 11) is 0. The van der Waals surface area contributed by atoms with Gasteiger partial charge in [-0.1, -0.05) is 0 Å². The molecule has 0 aliphatic rings. The van der Waals surface area contributed by atoms with Crippen molar-refractivity contribution in [1.29, 1.82) is 0 Å². The third-order valence-corrected chi connectivity index (χ3v) is 1.30. The zero-order valence-electron chi connectivity index (χ0n) is 7.84. The molecule has 0 spiro atoms. The van der Waals surface area contributed by atoms with Gasteiger partial charge in [-0.3, -0.25) is 0 Å². The van der Waals surface area contributed by atoms with Crippen LogP contribution in [0.4, 0.5) is 0 Å². The second-order valence-corrected chi connectivity index (χ2v) is 3.96. The first-order valence-corrected chi connectivity index (χ1v) is 3.78. The summed E-state index contributed by atoms with van der Waals surface area (Å²) in [6, 6.07) is 0. The number of nitrogens with zero attached hydrogens (tertiary/aromatic N) is 1. The summed E-state index contributed by atoms with van der Waals surface area (Å²) in [6.45, 7) is 8.61. The predicted molar refractivity (Wildman–Crippen MR) is 43.2 cm³/mol. The van der Waals surface area contributed by atoms with Crippen LogP contribution in [-0.4, -0.2) is 16.2 Å². The van der Waals surface area contributed by atoms with E-state index in [4.69, 9.17) is 0 Å². The van der Waals surface area contributed by atoms with Crippen molar-refractivity contribution in [3.63, 3.8) is 0 Å². The molecule has 3 heteroatoms. The SMILES string of the molecule is CC(C)C(=O)[N+](=O)C(C)(C)C. The molecule has 0 bridgehead atoms. The van der Waals surface area contributed by atoms with Crippen LogP contribution in [-0.2, 0) is 4.79 Å². The molecule has 0 aromatic carbocycles. The maximum Gasteiger partial charge on any atom is 0.436 e. The first-order chi connectivity index (χ1) is 4.76. The second-order valence-electron chi connectivity index (χ2n) is 3.96. The van der Waals surface area contributed by atoms with Crippen molar-refractivity contribution in [2.24, 2.45) is 5.92 Å². The van der Waals surface area contributed by atoms with Gasteiger partial charge in [0.1, 0.15) is 0 Å². The van der Waals surface area contributed by atoms with E-state index in [0.29, 0.717) is 4.76 Å². The molecule has 3 nitrogen and oxygen atoms in total. The van der Waals surface area contributed by atoms with Crippen molar-refractivity contribution < 1.29 is 9.55 Å².